The Labute approximate surface area is 151 Å². The molecule has 2 heteroatoms. The highest BCUT2D eigenvalue weighted by Gasteiger charge is 2.17. The molecule has 0 aliphatic rings. The predicted molar refractivity (Wildman–Crippen MR) is 105 cm³/mol. The lowest BCUT2D eigenvalue weighted by Crippen LogP contribution is -2.33. The van der Waals surface area contributed by atoms with Gasteiger partial charge in [-0.1, -0.05) is 91.4 Å². The van der Waals surface area contributed by atoms with Gasteiger partial charge in [0.05, 0.1) is 19.5 Å². The van der Waals surface area contributed by atoms with E-state index >= 15 is 0 Å². The molecule has 0 N–H and O–H groups in total. The average Bonchev–Trinajstić information content (AvgIpc) is 2.92. The van der Waals surface area contributed by atoms with E-state index in [2.05, 4.69) is 49.3 Å². The molecule has 140 valence electrons. The Kier molecular flexibility index (Phi) is 12.0. The number of hydrogen-bond acceptors (Lipinski definition) is 0. The van der Waals surface area contributed by atoms with E-state index in [4.69, 9.17) is 0 Å². The molecule has 0 unspecified atom stereocenters. The minimum Gasteiger partial charge on any atom is -0.237 e. The third-order valence-electron chi connectivity index (χ3n) is 5.14. The molecule has 2 nitrogen and oxygen atoms in total. The molecule has 0 saturated carbocycles. The van der Waals surface area contributed by atoms with Crippen LogP contribution in [0.15, 0.2) is 12.4 Å². The fraction of sp³-hybridized carbons (Fsp3) is 0.864. The number of hydrogen-bond donors (Lipinski definition) is 0. The molecule has 24 heavy (non-hydrogen) atoms. The van der Waals surface area contributed by atoms with E-state index in [1.807, 2.05) is 0 Å². The molecule has 0 saturated heterocycles. The van der Waals surface area contributed by atoms with E-state index < -0.39 is 0 Å². The lowest BCUT2D eigenvalue weighted by atomic mass is 10.0. The van der Waals surface area contributed by atoms with E-state index in [1.54, 1.807) is 0 Å². The average molecular weight is 336 g/mol. The van der Waals surface area contributed by atoms with Crippen molar-refractivity contribution in [1.29, 1.82) is 0 Å². The van der Waals surface area contributed by atoms with Crippen molar-refractivity contribution < 1.29 is 4.57 Å². The van der Waals surface area contributed by atoms with E-state index in [-0.39, 0.29) is 0 Å². The molecule has 1 heterocycles. The number of aryl methyl sites for hydroxylation is 2. The van der Waals surface area contributed by atoms with Gasteiger partial charge >= 0.3 is 0 Å². The Balaban J connectivity index is 1.93. The largest absolute Gasteiger partial charge is 0.258 e. The first-order valence-corrected chi connectivity index (χ1v) is 10.7. The van der Waals surface area contributed by atoms with Crippen molar-refractivity contribution in [2.75, 3.05) is 0 Å². The molecule has 0 aliphatic carbocycles. The first-order valence-electron chi connectivity index (χ1n) is 10.7. The minimum atomic E-state index is 0.604. The fourth-order valence-electron chi connectivity index (χ4n) is 3.76. The first-order chi connectivity index (χ1) is 11.7. The zero-order valence-corrected chi connectivity index (χ0v) is 17.0. The van der Waals surface area contributed by atoms with Gasteiger partial charge in [-0.15, -0.1) is 0 Å². The van der Waals surface area contributed by atoms with Gasteiger partial charge in [0, 0.05) is 0 Å². The number of nitrogens with zero attached hydrogens (tertiary/aromatic N) is 2. The third kappa shape index (κ3) is 8.89. The summed E-state index contributed by atoms with van der Waals surface area (Å²) in [4.78, 5) is 0. The molecule has 0 amide bonds. The van der Waals surface area contributed by atoms with Crippen molar-refractivity contribution in [3.05, 3.63) is 18.2 Å². The number of rotatable bonds is 15. The summed E-state index contributed by atoms with van der Waals surface area (Å²) in [5, 5.41) is 0. The van der Waals surface area contributed by atoms with Crippen LogP contribution in [0.2, 0.25) is 0 Å². The maximum absolute atomic E-state index is 2.45. The maximum Gasteiger partial charge on any atom is 0.258 e. The Morgan fingerprint density at radius 1 is 0.792 bits per heavy atom. The Bertz CT molecular complexity index is 406. The lowest BCUT2D eigenvalue weighted by Gasteiger charge is -2.06. The second-order valence-corrected chi connectivity index (χ2v) is 7.86. The van der Waals surface area contributed by atoms with Crippen molar-refractivity contribution in [2.24, 2.45) is 7.05 Å². The van der Waals surface area contributed by atoms with Crippen LogP contribution >= 0.6 is 0 Å². The van der Waals surface area contributed by atoms with Gasteiger partial charge in [-0.25, -0.2) is 9.13 Å². The summed E-state index contributed by atoms with van der Waals surface area (Å²) in [6.45, 7) is 8.05. The smallest absolute Gasteiger partial charge is 0.237 e. The van der Waals surface area contributed by atoms with Gasteiger partial charge in [-0.2, -0.15) is 0 Å². The predicted octanol–water partition coefficient (Wildman–Crippen LogP) is 6.53. The minimum absolute atomic E-state index is 0.604. The maximum atomic E-state index is 2.45. The Hall–Kier alpha value is -0.790. The van der Waals surface area contributed by atoms with E-state index in [1.165, 1.54) is 95.8 Å². The van der Waals surface area contributed by atoms with Gasteiger partial charge in [0.25, 0.3) is 5.82 Å². The highest BCUT2D eigenvalue weighted by molar-refractivity contribution is 4.89. The topological polar surface area (TPSA) is 8.81 Å². The summed E-state index contributed by atoms with van der Waals surface area (Å²) in [6, 6.07) is 0. The van der Waals surface area contributed by atoms with Crippen LogP contribution in [0.4, 0.5) is 0 Å². The monoisotopic (exact) mass is 335 g/mol. The van der Waals surface area contributed by atoms with Crippen molar-refractivity contribution in [1.82, 2.24) is 4.57 Å². The van der Waals surface area contributed by atoms with Crippen molar-refractivity contribution in [3.63, 3.8) is 0 Å². The van der Waals surface area contributed by atoms with Crippen LogP contribution in [0.25, 0.3) is 0 Å². The fourth-order valence-corrected chi connectivity index (χ4v) is 3.76. The molecule has 0 fully saturated rings. The van der Waals surface area contributed by atoms with Crippen molar-refractivity contribution in [2.45, 2.75) is 117 Å². The molecule has 0 aromatic carbocycles. The SMILES string of the molecule is CCCCCCCCCCCCCCCn1cc[n+](C)c1C(C)C. The molecular formula is C22H43N2+. The molecular weight excluding hydrogens is 292 g/mol. The Morgan fingerprint density at radius 2 is 1.25 bits per heavy atom. The first kappa shape index (κ1) is 21.3. The van der Waals surface area contributed by atoms with Crippen LogP contribution in [0.3, 0.4) is 0 Å². The number of aromatic nitrogens is 2. The summed E-state index contributed by atoms with van der Waals surface area (Å²) in [7, 11) is 2.16. The highest BCUT2D eigenvalue weighted by atomic mass is 15.1. The van der Waals surface area contributed by atoms with Gasteiger partial charge in [0.15, 0.2) is 0 Å². The van der Waals surface area contributed by atoms with E-state index in [0.717, 1.165) is 0 Å². The van der Waals surface area contributed by atoms with Gasteiger partial charge in [0.1, 0.15) is 12.4 Å². The molecule has 1 aromatic heterocycles. The standard InChI is InChI=1S/C22H43N2/c1-5-6-7-8-9-10-11-12-13-14-15-16-17-18-24-20-19-23(4)22(24)21(2)3/h19-21H,5-18H2,1-4H3/q+1. The third-order valence-corrected chi connectivity index (χ3v) is 5.14. The number of unbranched alkanes of at least 4 members (excludes halogenated alkanes) is 12. The summed E-state index contributed by atoms with van der Waals surface area (Å²) in [6.07, 6.45) is 23.0. The quantitative estimate of drug-likeness (QED) is 0.254. The summed E-state index contributed by atoms with van der Waals surface area (Å²) < 4.78 is 4.72. The van der Waals surface area contributed by atoms with Crippen LogP contribution in [-0.4, -0.2) is 4.57 Å². The lowest BCUT2D eigenvalue weighted by molar-refractivity contribution is -0.680. The highest BCUT2D eigenvalue weighted by Crippen LogP contribution is 2.14. The Morgan fingerprint density at radius 3 is 1.71 bits per heavy atom. The molecule has 0 aliphatic heterocycles. The summed E-state index contributed by atoms with van der Waals surface area (Å²) in [5.41, 5.74) is 0. The van der Waals surface area contributed by atoms with E-state index in [0.29, 0.717) is 5.92 Å². The summed E-state index contributed by atoms with van der Waals surface area (Å²) in [5.74, 6) is 2.06. The second kappa shape index (κ2) is 13.5. The van der Waals surface area contributed by atoms with Gasteiger partial charge in [0.2, 0.25) is 0 Å². The molecule has 0 atom stereocenters. The van der Waals surface area contributed by atoms with Crippen LogP contribution in [0.5, 0.6) is 0 Å². The van der Waals surface area contributed by atoms with Gasteiger partial charge in [-0.05, 0) is 12.8 Å². The zero-order chi connectivity index (χ0) is 17.6. The van der Waals surface area contributed by atoms with Crippen molar-refractivity contribution >= 4 is 0 Å². The zero-order valence-electron chi connectivity index (χ0n) is 17.0. The van der Waals surface area contributed by atoms with Crippen LogP contribution in [-0.2, 0) is 13.6 Å². The normalized spacial score (nSPS) is 11.5. The van der Waals surface area contributed by atoms with Crippen LogP contribution in [0.1, 0.15) is 116 Å². The molecule has 0 radical (unpaired) electrons. The molecule has 1 aromatic rings. The van der Waals surface area contributed by atoms with Crippen LogP contribution in [0, 0.1) is 0 Å². The van der Waals surface area contributed by atoms with E-state index in [9.17, 15) is 0 Å². The summed E-state index contributed by atoms with van der Waals surface area (Å²) >= 11 is 0. The number of imidazole rings is 1. The molecule has 1 rings (SSSR count). The second-order valence-electron chi connectivity index (χ2n) is 7.86. The van der Waals surface area contributed by atoms with Crippen LogP contribution < -0.4 is 4.57 Å². The molecule has 0 spiro atoms. The van der Waals surface area contributed by atoms with Gasteiger partial charge in [-0.3, -0.25) is 0 Å². The molecule has 0 bridgehead atoms. The van der Waals surface area contributed by atoms with Gasteiger partial charge < -0.3 is 0 Å². The van der Waals surface area contributed by atoms with Crippen molar-refractivity contribution in [3.8, 4) is 0 Å².